The number of aromatic nitrogens is 2. The molecule has 3 aromatic rings. The Labute approximate surface area is 157 Å². The first kappa shape index (κ1) is 18.6. The van der Waals surface area contributed by atoms with Crippen LogP contribution in [-0.2, 0) is 10.0 Å². The van der Waals surface area contributed by atoms with Crippen LogP contribution >= 0.6 is 0 Å². The number of nitrogens with two attached hydrogens (primary N) is 1. The maximum atomic E-state index is 12.1. The highest BCUT2D eigenvalue weighted by molar-refractivity contribution is 7.89. The van der Waals surface area contributed by atoms with Gasteiger partial charge in [-0.1, -0.05) is 18.2 Å². The Morgan fingerprint density at radius 1 is 1.07 bits per heavy atom. The molecule has 3 N–H and O–H groups in total. The lowest BCUT2D eigenvalue weighted by Gasteiger charge is -2.12. The van der Waals surface area contributed by atoms with Gasteiger partial charge >= 0.3 is 0 Å². The summed E-state index contributed by atoms with van der Waals surface area (Å²) in [7, 11) is -0.570. The van der Waals surface area contributed by atoms with Crippen LogP contribution in [0.15, 0.2) is 65.7 Å². The SMILES string of the molecule is CN(C)S(=O)(=O)c1ccc(Nc2nn(-c3ccccc3)cc2C(N)=O)cc1. The number of rotatable bonds is 6. The molecule has 1 heterocycles. The number of amides is 1. The molecule has 0 radical (unpaired) electrons. The van der Waals surface area contributed by atoms with Crippen molar-refractivity contribution >= 4 is 27.4 Å². The third-order valence-electron chi connectivity index (χ3n) is 3.90. The van der Waals surface area contributed by atoms with Crippen molar-refractivity contribution in [3.8, 4) is 5.69 Å². The molecule has 0 aliphatic rings. The highest BCUT2D eigenvalue weighted by Crippen LogP contribution is 2.23. The van der Waals surface area contributed by atoms with Gasteiger partial charge in [0.1, 0.15) is 5.56 Å². The third-order valence-corrected chi connectivity index (χ3v) is 5.73. The molecule has 0 spiro atoms. The quantitative estimate of drug-likeness (QED) is 0.674. The second-order valence-electron chi connectivity index (χ2n) is 5.97. The molecule has 9 heteroatoms. The molecule has 0 atom stereocenters. The average molecular weight is 385 g/mol. The molecule has 8 nitrogen and oxygen atoms in total. The molecule has 0 aliphatic heterocycles. The van der Waals surface area contributed by atoms with E-state index in [2.05, 4.69) is 10.4 Å². The van der Waals surface area contributed by atoms with Crippen molar-refractivity contribution in [2.45, 2.75) is 4.90 Å². The highest BCUT2D eigenvalue weighted by Gasteiger charge is 2.18. The van der Waals surface area contributed by atoms with E-state index in [-0.39, 0.29) is 16.3 Å². The van der Waals surface area contributed by atoms with Gasteiger partial charge in [-0.2, -0.15) is 0 Å². The molecule has 3 rings (SSSR count). The molecule has 27 heavy (non-hydrogen) atoms. The zero-order chi connectivity index (χ0) is 19.6. The number of nitrogens with zero attached hydrogens (tertiary/aromatic N) is 3. The Morgan fingerprint density at radius 3 is 2.26 bits per heavy atom. The van der Waals surface area contributed by atoms with Gasteiger partial charge in [0.05, 0.1) is 10.6 Å². The second-order valence-corrected chi connectivity index (χ2v) is 8.12. The Balaban J connectivity index is 1.91. The number of benzene rings is 2. The number of para-hydroxylation sites is 1. The lowest BCUT2D eigenvalue weighted by atomic mass is 10.2. The molecule has 0 bridgehead atoms. The van der Waals surface area contributed by atoms with Crippen LogP contribution < -0.4 is 11.1 Å². The van der Waals surface area contributed by atoms with Crippen LogP contribution in [0, 0.1) is 0 Å². The topological polar surface area (TPSA) is 110 Å². The number of sulfonamides is 1. The summed E-state index contributed by atoms with van der Waals surface area (Å²) in [4.78, 5) is 11.9. The van der Waals surface area contributed by atoms with Gasteiger partial charge in [-0.05, 0) is 36.4 Å². The average Bonchev–Trinajstić information content (AvgIpc) is 3.07. The minimum Gasteiger partial charge on any atom is -0.365 e. The van der Waals surface area contributed by atoms with Gasteiger partial charge in [0, 0.05) is 26.0 Å². The fourth-order valence-electron chi connectivity index (χ4n) is 2.42. The zero-order valence-electron chi connectivity index (χ0n) is 14.8. The van der Waals surface area contributed by atoms with E-state index < -0.39 is 15.9 Å². The highest BCUT2D eigenvalue weighted by atomic mass is 32.2. The number of hydrogen-bond acceptors (Lipinski definition) is 5. The second kappa shape index (κ2) is 7.22. The molecule has 0 saturated heterocycles. The van der Waals surface area contributed by atoms with E-state index in [1.165, 1.54) is 26.2 Å². The van der Waals surface area contributed by atoms with Gasteiger partial charge in [-0.15, -0.1) is 5.10 Å². The van der Waals surface area contributed by atoms with Gasteiger partial charge in [0.2, 0.25) is 10.0 Å². The largest absolute Gasteiger partial charge is 0.365 e. The van der Waals surface area contributed by atoms with Crippen LogP contribution in [0.2, 0.25) is 0 Å². The maximum Gasteiger partial charge on any atom is 0.254 e. The standard InChI is InChI=1S/C18H19N5O3S/c1-22(2)27(25,26)15-10-8-13(9-11-15)20-18-16(17(19)24)12-23(21-18)14-6-4-3-5-7-14/h3-12H,1-2H3,(H2,19,24)(H,20,21). The van der Waals surface area contributed by atoms with Crippen molar-refractivity contribution in [1.82, 2.24) is 14.1 Å². The number of anilines is 2. The molecule has 0 aliphatic carbocycles. The molecule has 0 fully saturated rings. The van der Waals surface area contributed by atoms with Crippen molar-refractivity contribution < 1.29 is 13.2 Å². The van der Waals surface area contributed by atoms with E-state index in [0.29, 0.717) is 5.69 Å². The number of carbonyl (C=O) groups is 1. The molecule has 1 amide bonds. The zero-order valence-corrected chi connectivity index (χ0v) is 15.6. The number of primary amides is 1. The normalized spacial score (nSPS) is 11.5. The molecular formula is C18H19N5O3S. The van der Waals surface area contributed by atoms with E-state index in [1.54, 1.807) is 23.0 Å². The van der Waals surface area contributed by atoms with Gasteiger partial charge in [-0.25, -0.2) is 17.4 Å². The number of nitrogens with one attached hydrogen (secondary N) is 1. The third kappa shape index (κ3) is 3.83. The minimum absolute atomic E-state index is 0.169. The minimum atomic E-state index is -3.51. The van der Waals surface area contributed by atoms with E-state index in [1.807, 2.05) is 30.3 Å². The number of carbonyl (C=O) groups excluding carboxylic acids is 1. The van der Waals surface area contributed by atoms with Crippen LogP contribution in [0.5, 0.6) is 0 Å². The van der Waals surface area contributed by atoms with Crippen molar-refractivity contribution in [3.05, 3.63) is 66.4 Å². The van der Waals surface area contributed by atoms with Gasteiger partial charge in [0.25, 0.3) is 5.91 Å². The van der Waals surface area contributed by atoms with Crippen molar-refractivity contribution in [3.63, 3.8) is 0 Å². The first-order valence-electron chi connectivity index (χ1n) is 8.03. The molecule has 140 valence electrons. The summed E-state index contributed by atoms with van der Waals surface area (Å²) in [5, 5.41) is 7.39. The van der Waals surface area contributed by atoms with Crippen LogP contribution in [0.25, 0.3) is 5.69 Å². The molecular weight excluding hydrogens is 366 g/mol. The number of hydrogen-bond donors (Lipinski definition) is 2. The Hall–Kier alpha value is -3.17. The lowest BCUT2D eigenvalue weighted by Crippen LogP contribution is -2.22. The summed E-state index contributed by atoms with van der Waals surface area (Å²) in [6, 6.07) is 15.5. The van der Waals surface area contributed by atoms with Crippen LogP contribution in [-0.4, -0.2) is 42.5 Å². The lowest BCUT2D eigenvalue weighted by molar-refractivity contribution is 0.100. The van der Waals surface area contributed by atoms with E-state index in [9.17, 15) is 13.2 Å². The summed E-state index contributed by atoms with van der Waals surface area (Å²) in [6.07, 6.45) is 1.55. The summed E-state index contributed by atoms with van der Waals surface area (Å²) in [5.41, 5.74) is 7.04. The first-order chi connectivity index (χ1) is 12.8. The first-order valence-corrected chi connectivity index (χ1v) is 9.47. The van der Waals surface area contributed by atoms with Crippen LogP contribution in [0.3, 0.4) is 0 Å². The fraction of sp³-hybridized carbons (Fsp3) is 0.111. The van der Waals surface area contributed by atoms with Crippen molar-refractivity contribution in [2.75, 3.05) is 19.4 Å². The van der Waals surface area contributed by atoms with Crippen LogP contribution in [0.1, 0.15) is 10.4 Å². The maximum absolute atomic E-state index is 12.1. The van der Waals surface area contributed by atoms with E-state index in [0.717, 1.165) is 9.99 Å². The van der Waals surface area contributed by atoms with Crippen LogP contribution in [0.4, 0.5) is 11.5 Å². The molecule has 2 aromatic carbocycles. The fourth-order valence-corrected chi connectivity index (χ4v) is 3.32. The molecule has 1 aromatic heterocycles. The van der Waals surface area contributed by atoms with Gasteiger partial charge in [-0.3, -0.25) is 4.79 Å². The monoisotopic (exact) mass is 385 g/mol. The summed E-state index contributed by atoms with van der Waals surface area (Å²) >= 11 is 0. The predicted molar refractivity (Wildman–Crippen MR) is 103 cm³/mol. The van der Waals surface area contributed by atoms with E-state index in [4.69, 9.17) is 5.73 Å². The smallest absolute Gasteiger partial charge is 0.254 e. The summed E-state index contributed by atoms with van der Waals surface area (Å²) in [5.74, 6) is -0.332. The van der Waals surface area contributed by atoms with Crippen molar-refractivity contribution in [2.24, 2.45) is 5.73 Å². The van der Waals surface area contributed by atoms with Crippen molar-refractivity contribution in [1.29, 1.82) is 0 Å². The Bertz CT molecular complexity index is 1060. The summed E-state index contributed by atoms with van der Waals surface area (Å²) in [6.45, 7) is 0. The summed E-state index contributed by atoms with van der Waals surface area (Å²) < 4.78 is 27.0. The Kier molecular flexibility index (Phi) is 4.98. The Morgan fingerprint density at radius 2 is 1.70 bits per heavy atom. The molecule has 0 unspecified atom stereocenters. The predicted octanol–water partition coefficient (Wildman–Crippen LogP) is 1.97. The van der Waals surface area contributed by atoms with Gasteiger partial charge < -0.3 is 11.1 Å². The molecule has 0 saturated carbocycles. The van der Waals surface area contributed by atoms with Gasteiger partial charge in [0.15, 0.2) is 5.82 Å². The van der Waals surface area contributed by atoms with E-state index >= 15 is 0 Å².